The molecule has 0 amide bonds. The van der Waals surface area contributed by atoms with Crippen molar-refractivity contribution in [1.29, 1.82) is 0 Å². The van der Waals surface area contributed by atoms with E-state index < -0.39 is 0 Å². The molecule has 0 N–H and O–H groups in total. The van der Waals surface area contributed by atoms with Gasteiger partial charge in [0, 0.05) is 20.3 Å². The maximum absolute atomic E-state index is 5.52. The number of rotatable bonds is 11. The van der Waals surface area contributed by atoms with Gasteiger partial charge in [-0.05, 0) is 18.1 Å². The number of thiol groups is 1. The van der Waals surface area contributed by atoms with E-state index in [1.165, 1.54) is 0 Å². The molecule has 0 saturated carbocycles. The zero-order valence-corrected chi connectivity index (χ0v) is 10.8. The van der Waals surface area contributed by atoms with Crippen LogP contribution in [0.4, 0.5) is 0 Å². The minimum atomic E-state index is 0.586. The second-order valence-corrected chi connectivity index (χ2v) is 3.86. The van der Waals surface area contributed by atoms with Crippen LogP contribution < -0.4 is 0 Å². The third-order valence-corrected chi connectivity index (χ3v) is 2.71. The van der Waals surface area contributed by atoms with Crippen LogP contribution in [0.25, 0.3) is 0 Å². The van der Waals surface area contributed by atoms with Gasteiger partial charge in [-0.3, -0.25) is 0 Å². The van der Waals surface area contributed by atoms with Gasteiger partial charge in [0.05, 0.1) is 19.8 Å². The van der Waals surface area contributed by atoms with Crippen molar-refractivity contribution in [2.45, 2.75) is 19.8 Å². The van der Waals surface area contributed by atoms with Crippen molar-refractivity contribution < 1.29 is 14.2 Å². The number of methoxy groups -OCH3 is 1. The molecule has 0 rings (SSSR count). The van der Waals surface area contributed by atoms with Crippen molar-refractivity contribution in [1.82, 2.24) is 0 Å². The van der Waals surface area contributed by atoms with Gasteiger partial charge in [0.25, 0.3) is 0 Å². The summed E-state index contributed by atoms with van der Waals surface area (Å²) in [5, 5.41) is 0. The normalized spacial score (nSPS) is 13.0. The van der Waals surface area contributed by atoms with Crippen LogP contribution in [-0.4, -0.2) is 45.9 Å². The van der Waals surface area contributed by atoms with Crippen molar-refractivity contribution in [2.24, 2.45) is 5.92 Å². The van der Waals surface area contributed by atoms with E-state index in [1.807, 2.05) is 0 Å². The fourth-order valence-electron chi connectivity index (χ4n) is 1.06. The summed E-state index contributed by atoms with van der Waals surface area (Å²) in [4.78, 5) is 0. The largest absolute Gasteiger partial charge is 0.382 e. The van der Waals surface area contributed by atoms with Crippen LogP contribution in [0.15, 0.2) is 0 Å². The van der Waals surface area contributed by atoms with E-state index in [2.05, 4.69) is 19.6 Å². The van der Waals surface area contributed by atoms with Crippen molar-refractivity contribution in [3.05, 3.63) is 0 Å². The minimum Gasteiger partial charge on any atom is -0.382 e. The molecule has 0 aliphatic carbocycles. The Morgan fingerprint density at radius 2 is 1.80 bits per heavy atom. The van der Waals surface area contributed by atoms with Gasteiger partial charge in [-0.15, -0.1) is 0 Å². The van der Waals surface area contributed by atoms with E-state index in [1.54, 1.807) is 7.11 Å². The summed E-state index contributed by atoms with van der Waals surface area (Å²) in [7, 11) is 1.68. The predicted octanol–water partition coefficient (Wildman–Crippen LogP) is 2.01. The van der Waals surface area contributed by atoms with Crippen molar-refractivity contribution in [2.75, 3.05) is 45.9 Å². The van der Waals surface area contributed by atoms with Crippen molar-refractivity contribution in [3.8, 4) is 0 Å². The minimum absolute atomic E-state index is 0.586. The molecule has 0 aromatic heterocycles. The zero-order chi connectivity index (χ0) is 11.4. The van der Waals surface area contributed by atoms with Crippen LogP contribution in [0.2, 0.25) is 0 Å². The molecule has 92 valence electrons. The highest BCUT2D eigenvalue weighted by atomic mass is 32.1. The van der Waals surface area contributed by atoms with E-state index in [0.717, 1.165) is 38.4 Å². The molecule has 0 radical (unpaired) electrons. The third-order valence-electron chi connectivity index (χ3n) is 2.20. The first-order chi connectivity index (χ1) is 7.35. The van der Waals surface area contributed by atoms with Gasteiger partial charge >= 0.3 is 0 Å². The van der Waals surface area contributed by atoms with E-state index in [9.17, 15) is 0 Å². The Balaban J connectivity index is 3.04. The standard InChI is InChI=1S/C11H24O3S/c1-3-11(10-15)9-14-6-4-5-13-8-7-12-2/h11,15H,3-10H2,1-2H3. The lowest BCUT2D eigenvalue weighted by molar-refractivity contribution is 0.0458. The monoisotopic (exact) mass is 236 g/mol. The Hall–Kier alpha value is 0.230. The number of hydrogen-bond acceptors (Lipinski definition) is 4. The summed E-state index contributed by atoms with van der Waals surface area (Å²) in [5.74, 6) is 1.49. The lowest BCUT2D eigenvalue weighted by Gasteiger charge is -2.12. The first-order valence-corrected chi connectivity index (χ1v) is 6.23. The maximum atomic E-state index is 5.52. The molecule has 1 unspecified atom stereocenters. The van der Waals surface area contributed by atoms with Gasteiger partial charge in [-0.2, -0.15) is 12.6 Å². The van der Waals surface area contributed by atoms with Gasteiger partial charge in [0.15, 0.2) is 0 Å². The van der Waals surface area contributed by atoms with Gasteiger partial charge in [-0.25, -0.2) is 0 Å². The van der Waals surface area contributed by atoms with Gasteiger partial charge in [0.2, 0.25) is 0 Å². The summed E-state index contributed by atoms with van der Waals surface area (Å²) < 4.78 is 15.7. The summed E-state index contributed by atoms with van der Waals surface area (Å²) in [6, 6.07) is 0. The molecule has 4 heteroatoms. The molecule has 0 fully saturated rings. The Morgan fingerprint density at radius 1 is 1.07 bits per heavy atom. The number of ether oxygens (including phenoxy) is 3. The third kappa shape index (κ3) is 10.5. The first kappa shape index (κ1) is 15.2. The Bertz CT molecular complexity index is 118. The van der Waals surface area contributed by atoms with Crippen LogP contribution >= 0.6 is 12.6 Å². The topological polar surface area (TPSA) is 27.7 Å². The SMILES string of the molecule is CCC(CS)COCCCOCCOC. The molecule has 0 saturated heterocycles. The van der Waals surface area contributed by atoms with Crippen LogP contribution in [0.1, 0.15) is 19.8 Å². The summed E-state index contributed by atoms with van der Waals surface area (Å²) >= 11 is 4.26. The summed E-state index contributed by atoms with van der Waals surface area (Å²) in [6.45, 7) is 5.84. The Labute approximate surface area is 98.9 Å². The van der Waals surface area contributed by atoms with E-state index >= 15 is 0 Å². The van der Waals surface area contributed by atoms with E-state index in [4.69, 9.17) is 14.2 Å². The molecule has 15 heavy (non-hydrogen) atoms. The second-order valence-electron chi connectivity index (χ2n) is 3.49. The van der Waals surface area contributed by atoms with E-state index in [-0.39, 0.29) is 0 Å². The van der Waals surface area contributed by atoms with Crippen molar-refractivity contribution in [3.63, 3.8) is 0 Å². The van der Waals surface area contributed by atoms with Crippen LogP contribution in [0, 0.1) is 5.92 Å². The Morgan fingerprint density at radius 3 is 2.40 bits per heavy atom. The van der Waals surface area contributed by atoms with Crippen LogP contribution in [-0.2, 0) is 14.2 Å². The molecule has 0 aliphatic heterocycles. The fraction of sp³-hybridized carbons (Fsp3) is 1.00. The summed E-state index contributed by atoms with van der Waals surface area (Å²) in [5.41, 5.74) is 0. The maximum Gasteiger partial charge on any atom is 0.0700 e. The smallest absolute Gasteiger partial charge is 0.0700 e. The van der Waals surface area contributed by atoms with Crippen LogP contribution in [0.5, 0.6) is 0 Å². The highest BCUT2D eigenvalue weighted by molar-refractivity contribution is 7.80. The quantitative estimate of drug-likeness (QED) is 0.439. The molecule has 0 heterocycles. The van der Waals surface area contributed by atoms with Gasteiger partial charge < -0.3 is 14.2 Å². The average Bonchev–Trinajstić information content (AvgIpc) is 2.27. The van der Waals surface area contributed by atoms with E-state index in [0.29, 0.717) is 19.1 Å². The fourth-order valence-corrected chi connectivity index (χ4v) is 1.42. The number of hydrogen-bond donors (Lipinski definition) is 1. The van der Waals surface area contributed by atoms with Gasteiger partial charge in [0.1, 0.15) is 0 Å². The Kier molecular flexibility index (Phi) is 12.5. The molecule has 0 aliphatic rings. The molecule has 0 spiro atoms. The molecule has 0 aromatic rings. The molecule has 3 nitrogen and oxygen atoms in total. The van der Waals surface area contributed by atoms with Gasteiger partial charge in [-0.1, -0.05) is 13.3 Å². The lowest BCUT2D eigenvalue weighted by atomic mass is 10.1. The zero-order valence-electron chi connectivity index (χ0n) is 9.91. The van der Waals surface area contributed by atoms with Crippen LogP contribution in [0.3, 0.4) is 0 Å². The molecular formula is C11H24O3S. The molecular weight excluding hydrogens is 212 g/mol. The average molecular weight is 236 g/mol. The summed E-state index contributed by atoms with van der Waals surface area (Å²) in [6.07, 6.45) is 2.08. The van der Waals surface area contributed by atoms with Crippen molar-refractivity contribution >= 4 is 12.6 Å². The lowest BCUT2D eigenvalue weighted by Crippen LogP contribution is -2.12. The predicted molar refractivity (Wildman–Crippen MR) is 65.8 cm³/mol. The molecule has 0 bridgehead atoms. The highest BCUT2D eigenvalue weighted by Crippen LogP contribution is 2.04. The first-order valence-electron chi connectivity index (χ1n) is 5.60. The highest BCUT2D eigenvalue weighted by Gasteiger charge is 2.02. The molecule has 0 aromatic carbocycles. The second kappa shape index (κ2) is 12.3. The molecule has 1 atom stereocenters.